The molecule has 22 heavy (non-hydrogen) atoms. The molecular weight excluding hydrogens is 309 g/mol. The molecular formula is C16H17F3O2Si. The molecule has 0 spiro atoms. The van der Waals surface area contributed by atoms with Gasteiger partial charge in [-0.25, -0.2) is 0 Å². The third-order valence-electron chi connectivity index (χ3n) is 3.01. The van der Waals surface area contributed by atoms with Crippen molar-refractivity contribution in [2.45, 2.75) is 26.0 Å². The summed E-state index contributed by atoms with van der Waals surface area (Å²) in [6.07, 6.45) is -4.69. The van der Waals surface area contributed by atoms with E-state index in [1.165, 1.54) is 29.5 Å². The van der Waals surface area contributed by atoms with Gasteiger partial charge in [0.1, 0.15) is 17.2 Å². The SMILES string of the molecule is C[Si](C)(C)c1ccc(Oc2ccc(OC(F)(F)F)cc2)cc1. The lowest BCUT2D eigenvalue weighted by Crippen LogP contribution is -2.37. The lowest BCUT2D eigenvalue weighted by molar-refractivity contribution is -0.274. The van der Waals surface area contributed by atoms with Crippen LogP contribution in [0.5, 0.6) is 17.2 Å². The van der Waals surface area contributed by atoms with Crippen LogP contribution >= 0.6 is 0 Å². The van der Waals surface area contributed by atoms with Crippen LogP contribution in [0.2, 0.25) is 19.6 Å². The molecule has 2 aromatic carbocycles. The van der Waals surface area contributed by atoms with E-state index in [1.807, 2.05) is 24.3 Å². The van der Waals surface area contributed by atoms with Crippen molar-refractivity contribution in [3.8, 4) is 17.2 Å². The first-order chi connectivity index (χ1) is 10.1. The van der Waals surface area contributed by atoms with Gasteiger partial charge in [0.15, 0.2) is 0 Å². The maximum atomic E-state index is 12.1. The molecule has 0 atom stereocenters. The summed E-state index contributed by atoms with van der Waals surface area (Å²) < 4.78 is 45.6. The van der Waals surface area contributed by atoms with E-state index in [1.54, 1.807) is 0 Å². The maximum Gasteiger partial charge on any atom is 0.573 e. The molecule has 0 unspecified atom stereocenters. The third-order valence-corrected chi connectivity index (χ3v) is 5.08. The van der Waals surface area contributed by atoms with Crippen molar-refractivity contribution in [2.75, 3.05) is 0 Å². The van der Waals surface area contributed by atoms with Gasteiger partial charge in [-0.05, 0) is 36.4 Å². The van der Waals surface area contributed by atoms with Gasteiger partial charge in [0.25, 0.3) is 0 Å². The fourth-order valence-electron chi connectivity index (χ4n) is 1.87. The van der Waals surface area contributed by atoms with E-state index in [0.29, 0.717) is 11.5 Å². The molecule has 0 saturated heterocycles. The average molecular weight is 326 g/mol. The number of halogens is 3. The zero-order valence-corrected chi connectivity index (χ0v) is 13.6. The molecule has 0 N–H and O–H groups in total. The molecule has 0 bridgehead atoms. The Morgan fingerprint density at radius 2 is 1.14 bits per heavy atom. The van der Waals surface area contributed by atoms with Crippen molar-refractivity contribution in [1.82, 2.24) is 0 Å². The Bertz CT molecular complexity index is 614. The predicted octanol–water partition coefficient (Wildman–Crippen LogP) is 4.92. The zero-order chi connectivity index (χ0) is 16.4. The molecule has 0 aromatic heterocycles. The van der Waals surface area contributed by atoms with Gasteiger partial charge < -0.3 is 9.47 Å². The molecule has 2 aromatic rings. The Hall–Kier alpha value is -1.95. The second-order valence-corrected chi connectivity index (χ2v) is 11.0. The van der Waals surface area contributed by atoms with Crippen molar-refractivity contribution in [3.63, 3.8) is 0 Å². The average Bonchev–Trinajstić information content (AvgIpc) is 2.39. The van der Waals surface area contributed by atoms with Gasteiger partial charge >= 0.3 is 6.36 Å². The number of benzene rings is 2. The van der Waals surface area contributed by atoms with Crippen molar-refractivity contribution < 1.29 is 22.6 Å². The number of hydrogen-bond acceptors (Lipinski definition) is 2. The van der Waals surface area contributed by atoms with E-state index in [4.69, 9.17) is 4.74 Å². The standard InChI is InChI=1S/C16H17F3O2Si/c1-22(2,3)15-10-8-13(9-11-15)20-12-4-6-14(7-5-12)21-16(17,18)19/h4-11H,1-3H3. The number of alkyl halides is 3. The molecule has 0 fully saturated rings. The van der Waals surface area contributed by atoms with Gasteiger partial charge in [-0.3, -0.25) is 0 Å². The first kappa shape index (κ1) is 16.4. The van der Waals surface area contributed by atoms with Crippen LogP contribution in [0.1, 0.15) is 0 Å². The second-order valence-electron chi connectivity index (χ2n) is 5.90. The Morgan fingerprint density at radius 1 is 0.727 bits per heavy atom. The van der Waals surface area contributed by atoms with Crippen LogP contribution in [0.3, 0.4) is 0 Å². The summed E-state index contributed by atoms with van der Waals surface area (Å²) in [5.74, 6) is 0.829. The molecule has 0 aliphatic rings. The highest BCUT2D eigenvalue weighted by atomic mass is 28.3. The van der Waals surface area contributed by atoms with Crippen LogP contribution < -0.4 is 14.7 Å². The highest BCUT2D eigenvalue weighted by molar-refractivity contribution is 6.88. The van der Waals surface area contributed by atoms with Crippen LogP contribution in [0.15, 0.2) is 48.5 Å². The van der Waals surface area contributed by atoms with Gasteiger partial charge in [0, 0.05) is 0 Å². The summed E-state index contributed by atoms with van der Waals surface area (Å²) in [5, 5.41) is 1.31. The molecule has 0 saturated carbocycles. The first-order valence-corrected chi connectivity index (χ1v) is 10.3. The summed E-state index contributed by atoms with van der Waals surface area (Å²) in [7, 11) is -1.36. The van der Waals surface area contributed by atoms with Gasteiger partial charge in [0.2, 0.25) is 0 Å². The minimum absolute atomic E-state index is 0.270. The fraction of sp³-hybridized carbons (Fsp3) is 0.250. The van der Waals surface area contributed by atoms with Gasteiger partial charge in [-0.15, -0.1) is 13.2 Å². The van der Waals surface area contributed by atoms with Gasteiger partial charge in [-0.2, -0.15) is 0 Å². The second kappa shape index (κ2) is 6.04. The Balaban J connectivity index is 2.05. The van der Waals surface area contributed by atoms with Crippen LogP contribution in [0.4, 0.5) is 13.2 Å². The summed E-state index contributed by atoms with van der Waals surface area (Å²) in [6, 6.07) is 13.1. The highest BCUT2D eigenvalue weighted by Gasteiger charge is 2.30. The normalized spacial score (nSPS) is 12.1. The van der Waals surface area contributed by atoms with E-state index in [2.05, 4.69) is 24.4 Å². The molecule has 2 rings (SSSR count). The monoisotopic (exact) mass is 326 g/mol. The van der Waals surface area contributed by atoms with E-state index < -0.39 is 14.4 Å². The van der Waals surface area contributed by atoms with E-state index in [9.17, 15) is 13.2 Å². The van der Waals surface area contributed by atoms with Crippen LogP contribution in [0.25, 0.3) is 0 Å². The lowest BCUT2D eigenvalue weighted by Gasteiger charge is -2.16. The Labute approximate surface area is 128 Å². The van der Waals surface area contributed by atoms with E-state index in [0.717, 1.165) is 0 Å². The largest absolute Gasteiger partial charge is 0.573 e. The summed E-state index contributed by atoms with van der Waals surface area (Å²) in [6.45, 7) is 6.76. The smallest absolute Gasteiger partial charge is 0.457 e. The molecule has 0 amide bonds. The molecule has 0 radical (unpaired) electrons. The van der Waals surface area contributed by atoms with Crippen LogP contribution in [-0.4, -0.2) is 14.4 Å². The number of ether oxygens (including phenoxy) is 2. The van der Waals surface area contributed by atoms with Crippen LogP contribution in [0, 0.1) is 0 Å². The third kappa shape index (κ3) is 4.80. The maximum absolute atomic E-state index is 12.1. The number of hydrogen-bond donors (Lipinski definition) is 0. The molecule has 0 aliphatic heterocycles. The molecule has 2 nitrogen and oxygen atoms in total. The Morgan fingerprint density at radius 3 is 1.55 bits per heavy atom. The quantitative estimate of drug-likeness (QED) is 0.742. The summed E-state index contributed by atoms with van der Waals surface area (Å²) in [5.41, 5.74) is 0. The lowest BCUT2D eigenvalue weighted by atomic mass is 10.3. The summed E-state index contributed by atoms with van der Waals surface area (Å²) >= 11 is 0. The molecule has 6 heteroatoms. The van der Waals surface area contributed by atoms with Gasteiger partial charge in [0.05, 0.1) is 8.07 Å². The molecule has 0 aliphatic carbocycles. The van der Waals surface area contributed by atoms with E-state index in [-0.39, 0.29) is 5.75 Å². The highest BCUT2D eigenvalue weighted by Crippen LogP contribution is 2.27. The first-order valence-electron chi connectivity index (χ1n) is 6.78. The summed E-state index contributed by atoms with van der Waals surface area (Å²) in [4.78, 5) is 0. The molecule has 0 heterocycles. The molecule has 118 valence electrons. The predicted molar refractivity (Wildman–Crippen MR) is 82.6 cm³/mol. The van der Waals surface area contributed by atoms with Crippen molar-refractivity contribution in [2.24, 2.45) is 0 Å². The minimum atomic E-state index is -4.69. The topological polar surface area (TPSA) is 18.5 Å². The number of rotatable bonds is 4. The van der Waals surface area contributed by atoms with E-state index >= 15 is 0 Å². The zero-order valence-electron chi connectivity index (χ0n) is 12.6. The Kier molecular flexibility index (Phi) is 4.51. The van der Waals surface area contributed by atoms with Crippen molar-refractivity contribution >= 4 is 13.3 Å². The van der Waals surface area contributed by atoms with Crippen molar-refractivity contribution in [3.05, 3.63) is 48.5 Å². The van der Waals surface area contributed by atoms with Gasteiger partial charge in [-0.1, -0.05) is 37.0 Å². The minimum Gasteiger partial charge on any atom is -0.457 e. The van der Waals surface area contributed by atoms with Crippen LogP contribution in [-0.2, 0) is 0 Å². The fourth-order valence-corrected chi connectivity index (χ4v) is 3.04. The van der Waals surface area contributed by atoms with Crippen molar-refractivity contribution in [1.29, 1.82) is 0 Å².